The van der Waals surface area contributed by atoms with Gasteiger partial charge in [-0.1, -0.05) is 30.3 Å². The SMILES string of the molecule is O=C(O)[C@@H](O)[C@@H](Cc1ccccc1)N1CC(CO)CC1=O. The predicted octanol–water partition coefficient (Wildman–Crippen LogP) is -0.116. The number of carboxylic acid groups (broad SMARTS) is 1. The maximum absolute atomic E-state index is 12.0. The maximum Gasteiger partial charge on any atom is 0.334 e. The second-order valence-electron chi connectivity index (χ2n) is 5.34. The molecule has 1 amide bonds. The Morgan fingerprint density at radius 1 is 1.33 bits per heavy atom. The lowest BCUT2D eigenvalue weighted by molar-refractivity contribution is -0.152. The normalized spacial score (nSPS) is 21.3. The zero-order valence-electron chi connectivity index (χ0n) is 11.6. The van der Waals surface area contributed by atoms with Crippen LogP contribution in [-0.4, -0.2) is 57.4 Å². The van der Waals surface area contributed by atoms with Gasteiger partial charge < -0.3 is 20.2 Å². The lowest BCUT2D eigenvalue weighted by atomic mass is 9.99. The van der Waals surface area contributed by atoms with Crippen LogP contribution in [-0.2, 0) is 16.0 Å². The molecule has 1 aliphatic rings. The molecule has 0 bridgehead atoms. The first kappa shape index (κ1) is 15.5. The summed E-state index contributed by atoms with van der Waals surface area (Å²) in [5, 5.41) is 28.2. The van der Waals surface area contributed by atoms with Crippen LogP contribution in [0.25, 0.3) is 0 Å². The molecule has 0 spiro atoms. The van der Waals surface area contributed by atoms with Gasteiger partial charge in [0.05, 0.1) is 6.04 Å². The van der Waals surface area contributed by atoms with Gasteiger partial charge in [0.15, 0.2) is 6.10 Å². The van der Waals surface area contributed by atoms with Gasteiger partial charge in [-0.25, -0.2) is 4.79 Å². The van der Waals surface area contributed by atoms with Crippen molar-refractivity contribution in [2.75, 3.05) is 13.2 Å². The zero-order chi connectivity index (χ0) is 15.4. The van der Waals surface area contributed by atoms with E-state index in [9.17, 15) is 14.7 Å². The molecule has 1 saturated heterocycles. The van der Waals surface area contributed by atoms with Crippen molar-refractivity contribution in [3.05, 3.63) is 35.9 Å². The standard InChI is InChI=1S/C15H19NO5/c17-9-11-7-13(18)16(8-11)12(14(19)15(20)21)6-10-4-2-1-3-5-10/h1-5,11-12,14,17,19H,6-9H2,(H,20,21)/t11?,12-,14+/m1/s1. The number of aliphatic carboxylic acids is 1. The summed E-state index contributed by atoms with van der Waals surface area (Å²) in [4.78, 5) is 24.5. The van der Waals surface area contributed by atoms with E-state index < -0.39 is 18.1 Å². The van der Waals surface area contributed by atoms with Crippen molar-refractivity contribution in [2.24, 2.45) is 5.92 Å². The third kappa shape index (κ3) is 3.59. The van der Waals surface area contributed by atoms with Crippen LogP contribution >= 0.6 is 0 Å². The van der Waals surface area contributed by atoms with Gasteiger partial charge in [-0.2, -0.15) is 0 Å². The van der Waals surface area contributed by atoms with Crippen molar-refractivity contribution in [1.29, 1.82) is 0 Å². The molecule has 3 atom stereocenters. The van der Waals surface area contributed by atoms with Crippen LogP contribution in [0.3, 0.4) is 0 Å². The molecule has 0 saturated carbocycles. The predicted molar refractivity (Wildman–Crippen MR) is 74.5 cm³/mol. The minimum absolute atomic E-state index is 0.122. The summed E-state index contributed by atoms with van der Waals surface area (Å²) in [5.74, 6) is -1.77. The summed E-state index contributed by atoms with van der Waals surface area (Å²) in [6, 6.07) is 8.31. The number of benzene rings is 1. The Morgan fingerprint density at radius 2 is 2.00 bits per heavy atom. The van der Waals surface area contributed by atoms with Gasteiger partial charge in [-0.3, -0.25) is 4.79 Å². The summed E-state index contributed by atoms with van der Waals surface area (Å²) in [6.07, 6.45) is -1.20. The smallest absolute Gasteiger partial charge is 0.334 e. The summed E-state index contributed by atoms with van der Waals surface area (Å²) in [7, 11) is 0. The average Bonchev–Trinajstić information content (AvgIpc) is 2.86. The first-order valence-corrected chi connectivity index (χ1v) is 6.88. The molecule has 2 rings (SSSR count). The summed E-state index contributed by atoms with van der Waals surface area (Å²) in [5.41, 5.74) is 0.850. The number of aliphatic hydroxyl groups excluding tert-OH is 2. The van der Waals surface area contributed by atoms with Crippen LogP contribution in [0.2, 0.25) is 0 Å². The molecule has 1 fully saturated rings. The van der Waals surface area contributed by atoms with Crippen molar-refractivity contribution in [2.45, 2.75) is 25.0 Å². The first-order valence-electron chi connectivity index (χ1n) is 6.88. The Balaban J connectivity index is 2.20. The first-order chi connectivity index (χ1) is 10.0. The number of hydrogen-bond acceptors (Lipinski definition) is 4. The van der Waals surface area contributed by atoms with E-state index in [4.69, 9.17) is 10.2 Å². The Hall–Kier alpha value is -1.92. The van der Waals surface area contributed by atoms with E-state index in [0.29, 0.717) is 0 Å². The Kier molecular flexibility index (Phi) is 4.93. The van der Waals surface area contributed by atoms with Crippen molar-refractivity contribution in [3.8, 4) is 0 Å². The van der Waals surface area contributed by atoms with E-state index >= 15 is 0 Å². The van der Waals surface area contributed by atoms with E-state index in [2.05, 4.69) is 0 Å². The molecular formula is C15H19NO5. The number of nitrogens with zero attached hydrogens (tertiary/aromatic N) is 1. The molecule has 21 heavy (non-hydrogen) atoms. The number of rotatable bonds is 6. The van der Waals surface area contributed by atoms with Crippen molar-refractivity contribution >= 4 is 11.9 Å². The highest BCUT2D eigenvalue weighted by Crippen LogP contribution is 2.23. The lowest BCUT2D eigenvalue weighted by Gasteiger charge is -2.30. The highest BCUT2D eigenvalue weighted by atomic mass is 16.4. The molecule has 0 aromatic heterocycles. The van der Waals surface area contributed by atoms with Crippen molar-refractivity contribution < 1.29 is 24.9 Å². The minimum Gasteiger partial charge on any atom is -0.479 e. The number of carboxylic acids is 1. The number of hydrogen-bond donors (Lipinski definition) is 3. The Bertz CT molecular complexity index is 504. The third-order valence-electron chi connectivity index (χ3n) is 3.80. The summed E-state index contributed by atoms with van der Waals surface area (Å²) in [6.45, 7) is 0.153. The fraction of sp³-hybridized carbons (Fsp3) is 0.467. The number of aliphatic hydroxyl groups is 2. The average molecular weight is 293 g/mol. The molecular weight excluding hydrogens is 274 g/mol. The van der Waals surface area contributed by atoms with Crippen LogP contribution in [0, 0.1) is 5.92 Å². The zero-order valence-corrected chi connectivity index (χ0v) is 11.6. The van der Waals surface area contributed by atoms with Gasteiger partial charge in [-0.05, 0) is 12.0 Å². The van der Waals surface area contributed by atoms with Gasteiger partial charge in [0, 0.05) is 25.5 Å². The van der Waals surface area contributed by atoms with Crippen LogP contribution in [0.5, 0.6) is 0 Å². The second kappa shape index (κ2) is 6.69. The Labute approximate surface area is 122 Å². The number of amides is 1. The van der Waals surface area contributed by atoms with Crippen molar-refractivity contribution in [1.82, 2.24) is 4.90 Å². The quantitative estimate of drug-likeness (QED) is 0.679. The van der Waals surface area contributed by atoms with E-state index in [1.807, 2.05) is 30.3 Å². The molecule has 3 N–H and O–H groups in total. The number of carbonyl (C=O) groups is 2. The molecule has 114 valence electrons. The van der Waals surface area contributed by atoms with E-state index in [-0.39, 0.29) is 37.8 Å². The molecule has 1 aromatic rings. The van der Waals surface area contributed by atoms with Gasteiger partial charge in [0.1, 0.15) is 0 Å². The monoisotopic (exact) mass is 293 g/mol. The molecule has 1 unspecified atom stereocenters. The highest BCUT2D eigenvalue weighted by Gasteiger charge is 2.39. The highest BCUT2D eigenvalue weighted by molar-refractivity contribution is 5.81. The van der Waals surface area contributed by atoms with Crippen LogP contribution in [0.15, 0.2) is 30.3 Å². The lowest BCUT2D eigenvalue weighted by Crippen LogP contribution is -2.49. The second-order valence-corrected chi connectivity index (χ2v) is 5.34. The van der Waals surface area contributed by atoms with E-state index in [1.165, 1.54) is 4.90 Å². The minimum atomic E-state index is -1.65. The largest absolute Gasteiger partial charge is 0.479 e. The summed E-state index contributed by atoms with van der Waals surface area (Å²) < 4.78 is 0. The van der Waals surface area contributed by atoms with Gasteiger partial charge in [0.25, 0.3) is 0 Å². The van der Waals surface area contributed by atoms with Crippen molar-refractivity contribution in [3.63, 3.8) is 0 Å². The van der Waals surface area contributed by atoms with E-state index in [1.54, 1.807) is 0 Å². The van der Waals surface area contributed by atoms with Crippen LogP contribution in [0.1, 0.15) is 12.0 Å². The maximum atomic E-state index is 12.0. The van der Waals surface area contributed by atoms with E-state index in [0.717, 1.165) is 5.56 Å². The molecule has 0 radical (unpaired) electrons. The number of carbonyl (C=O) groups excluding carboxylic acids is 1. The molecule has 1 aliphatic heterocycles. The molecule has 0 aliphatic carbocycles. The number of likely N-dealkylation sites (tertiary alicyclic amines) is 1. The van der Waals surface area contributed by atoms with Gasteiger partial charge in [-0.15, -0.1) is 0 Å². The fourth-order valence-electron chi connectivity index (χ4n) is 2.66. The van der Waals surface area contributed by atoms with Crippen LogP contribution in [0.4, 0.5) is 0 Å². The summed E-state index contributed by atoms with van der Waals surface area (Å²) >= 11 is 0. The fourth-order valence-corrected chi connectivity index (χ4v) is 2.66. The Morgan fingerprint density at radius 3 is 2.52 bits per heavy atom. The third-order valence-corrected chi connectivity index (χ3v) is 3.80. The topological polar surface area (TPSA) is 98.1 Å². The molecule has 6 nitrogen and oxygen atoms in total. The van der Waals surface area contributed by atoms with Crippen LogP contribution < -0.4 is 0 Å². The molecule has 1 aromatic carbocycles. The molecule has 6 heteroatoms. The van der Waals surface area contributed by atoms with Gasteiger partial charge in [0.2, 0.25) is 5.91 Å². The molecule has 1 heterocycles. The van der Waals surface area contributed by atoms with Gasteiger partial charge >= 0.3 is 5.97 Å².